The Kier molecular flexibility index (Phi) is 11.2. The lowest BCUT2D eigenvalue weighted by Gasteiger charge is -2.18. The van der Waals surface area contributed by atoms with E-state index in [2.05, 4.69) is 11.4 Å². The van der Waals surface area contributed by atoms with E-state index in [0.29, 0.717) is 17.9 Å². The molecular formula is C33H34ClNO5. The number of carbonyl (C=O) groups is 2. The topological polar surface area (TPSA) is 84.9 Å². The van der Waals surface area contributed by atoms with Crippen molar-refractivity contribution in [2.24, 2.45) is 0 Å². The maximum Gasteiger partial charge on any atom is 0.328 e. The molecule has 0 aromatic heterocycles. The van der Waals surface area contributed by atoms with Crippen LogP contribution in [0.5, 0.6) is 17.2 Å². The molecule has 1 atom stereocenters. The van der Waals surface area contributed by atoms with Crippen molar-refractivity contribution in [2.75, 3.05) is 7.11 Å². The maximum absolute atomic E-state index is 12.7. The first-order valence-corrected chi connectivity index (χ1v) is 13.5. The van der Waals surface area contributed by atoms with Crippen LogP contribution in [-0.2, 0) is 16.0 Å². The van der Waals surface area contributed by atoms with Gasteiger partial charge in [-0.05, 0) is 72.9 Å². The smallest absolute Gasteiger partial charge is 0.328 e. The van der Waals surface area contributed by atoms with E-state index in [4.69, 9.17) is 21.1 Å². The predicted octanol–water partition coefficient (Wildman–Crippen LogP) is 7.74. The van der Waals surface area contributed by atoms with Gasteiger partial charge in [0.2, 0.25) is 0 Å². The van der Waals surface area contributed by atoms with Crippen molar-refractivity contribution in [3.63, 3.8) is 0 Å². The van der Waals surface area contributed by atoms with Crippen LogP contribution in [-0.4, -0.2) is 30.1 Å². The Morgan fingerprint density at radius 3 is 2.30 bits per heavy atom. The minimum absolute atomic E-state index is 0.0111. The Morgan fingerprint density at radius 1 is 0.900 bits per heavy atom. The molecule has 0 bridgehead atoms. The molecular weight excluding hydrogens is 526 g/mol. The number of aryl methyl sites for hydroxylation is 2. The zero-order valence-corrected chi connectivity index (χ0v) is 23.9. The molecule has 4 aromatic carbocycles. The van der Waals surface area contributed by atoms with Gasteiger partial charge in [0, 0.05) is 10.6 Å². The van der Waals surface area contributed by atoms with Crippen LogP contribution in [0.4, 0.5) is 0 Å². The zero-order valence-electron chi connectivity index (χ0n) is 23.1. The van der Waals surface area contributed by atoms with E-state index in [1.54, 1.807) is 0 Å². The van der Waals surface area contributed by atoms with E-state index in [0.717, 1.165) is 33.8 Å². The van der Waals surface area contributed by atoms with Crippen molar-refractivity contribution in [1.82, 2.24) is 5.32 Å². The fourth-order valence-electron chi connectivity index (χ4n) is 4.21. The highest BCUT2D eigenvalue weighted by atomic mass is 35.5. The number of amides is 1. The number of aromatic hydroxyl groups is 1. The number of hydrogen-bond acceptors (Lipinski definition) is 5. The second-order valence-corrected chi connectivity index (χ2v) is 9.25. The number of nitrogens with one attached hydrogen (secondary N) is 1. The molecule has 40 heavy (non-hydrogen) atoms. The van der Waals surface area contributed by atoms with Crippen LogP contribution in [0.1, 0.15) is 41.8 Å². The van der Waals surface area contributed by atoms with Crippen LogP contribution in [0.3, 0.4) is 0 Å². The summed E-state index contributed by atoms with van der Waals surface area (Å²) in [6.07, 6.45) is 0.830. The molecule has 0 aliphatic carbocycles. The molecule has 0 unspecified atom stereocenters. The minimum Gasteiger partial charge on any atom is -0.507 e. The molecule has 0 heterocycles. The van der Waals surface area contributed by atoms with E-state index >= 15 is 0 Å². The fraction of sp³-hybridized carbons (Fsp3) is 0.212. The third-order valence-corrected chi connectivity index (χ3v) is 6.39. The van der Waals surface area contributed by atoms with Gasteiger partial charge in [0.05, 0.1) is 12.7 Å². The number of hydrogen-bond donors (Lipinski definition) is 2. The van der Waals surface area contributed by atoms with Crippen molar-refractivity contribution >= 4 is 23.5 Å². The summed E-state index contributed by atoms with van der Waals surface area (Å²) in [5, 5.41) is 13.0. The van der Waals surface area contributed by atoms with Crippen LogP contribution >= 0.6 is 11.6 Å². The Balaban J connectivity index is 0.00000216. The Labute approximate surface area is 240 Å². The molecule has 208 valence electrons. The molecule has 0 spiro atoms. The molecule has 2 N–H and O–H groups in total. The van der Waals surface area contributed by atoms with Crippen molar-refractivity contribution < 1.29 is 24.2 Å². The number of phenols is 1. The number of carbonyl (C=O) groups excluding carboxylic acids is 2. The lowest BCUT2D eigenvalue weighted by molar-refractivity contribution is -0.143. The molecule has 4 aromatic rings. The highest BCUT2D eigenvalue weighted by Crippen LogP contribution is 2.35. The summed E-state index contributed by atoms with van der Waals surface area (Å²) in [5.74, 6) is 0.115. The number of benzene rings is 4. The average molecular weight is 560 g/mol. The van der Waals surface area contributed by atoms with Crippen LogP contribution < -0.4 is 10.1 Å². The fourth-order valence-corrected chi connectivity index (χ4v) is 4.38. The Hall–Kier alpha value is -4.29. The van der Waals surface area contributed by atoms with Gasteiger partial charge < -0.3 is 19.9 Å². The highest BCUT2D eigenvalue weighted by Gasteiger charge is 2.24. The van der Waals surface area contributed by atoms with Gasteiger partial charge in [-0.1, -0.05) is 80.0 Å². The number of halogens is 1. The summed E-state index contributed by atoms with van der Waals surface area (Å²) >= 11 is 5.96. The van der Waals surface area contributed by atoms with E-state index < -0.39 is 17.9 Å². The number of methoxy groups -OCH3 is 1. The van der Waals surface area contributed by atoms with E-state index in [1.807, 2.05) is 87.5 Å². The molecule has 6 nitrogen and oxygen atoms in total. The molecule has 0 radical (unpaired) electrons. The largest absolute Gasteiger partial charge is 0.507 e. The summed E-state index contributed by atoms with van der Waals surface area (Å²) in [5.41, 5.74) is 4.05. The van der Waals surface area contributed by atoms with E-state index in [1.165, 1.54) is 25.3 Å². The van der Waals surface area contributed by atoms with Crippen LogP contribution in [0.15, 0.2) is 91.0 Å². The summed E-state index contributed by atoms with van der Waals surface area (Å²) in [6, 6.07) is 26.9. The lowest BCUT2D eigenvalue weighted by atomic mass is 9.95. The van der Waals surface area contributed by atoms with Gasteiger partial charge in [0.25, 0.3) is 5.91 Å². The quantitative estimate of drug-likeness (QED) is 0.205. The normalized spacial score (nSPS) is 11.0. The monoisotopic (exact) mass is 559 g/mol. The van der Waals surface area contributed by atoms with Gasteiger partial charge in [-0.15, -0.1) is 0 Å². The standard InChI is InChI=1S/C31H28ClNO5.C2H6/c1-20-18-21(12-15-24(20)25-10-6-7-11-29(25)38-23-8-4-3-5-9-23)13-16-27(31(36)37-2)33-30(35)26-19-22(32)14-17-28(26)34;1-2/h3-12,14-15,17-19,27,34H,13,16H2,1-2H3,(H,33,35);1-2H3/t27-;/m0./s1. The minimum atomic E-state index is -0.897. The molecule has 0 saturated carbocycles. The van der Waals surface area contributed by atoms with Crippen molar-refractivity contribution in [1.29, 1.82) is 0 Å². The van der Waals surface area contributed by atoms with Gasteiger partial charge in [0.1, 0.15) is 23.3 Å². The SMILES string of the molecule is CC.COC(=O)[C@H](CCc1ccc(-c2ccccc2Oc2ccccc2)c(C)c1)NC(=O)c1cc(Cl)ccc1O. The average Bonchev–Trinajstić information content (AvgIpc) is 2.98. The Morgan fingerprint density at radius 2 is 1.60 bits per heavy atom. The first-order chi connectivity index (χ1) is 19.4. The first kappa shape index (κ1) is 30.3. The van der Waals surface area contributed by atoms with Crippen LogP contribution in [0.2, 0.25) is 5.02 Å². The molecule has 4 rings (SSSR count). The first-order valence-electron chi connectivity index (χ1n) is 13.1. The highest BCUT2D eigenvalue weighted by molar-refractivity contribution is 6.31. The summed E-state index contributed by atoms with van der Waals surface area (Å²) in [4.78, 5) is 25.1. The van der Waals surface area contributed by atoms with E-state index in [9.17, 15) is 14.7 Å². The number of esters is 1. The van der Waals surface area contributed by atoms with Gasteiger partial charge in [-0.2, -0.15) is 0 Å². The van der Waals surface area contributed by atoms with E-state index in [-0.39, 0.29) is 11.3 Å². The van der Waals surface area contributed by atoms with Crippen molar-refractivity contribution in [2.45, 2.75) is 39.7 Å². The molecule has 1 amide bonds. The Bertz CT molecular complexity index is 1440. The van der Waals surface area contributed by atoms with Gasteiger partial charge in [-0.25, -0.2) is 4.79 Å². The second kappa shape index (κ2) is 14.8. The van der Waals surface area contributed by atoms with Gasteiger partial charge >= 0.3 is 5.97 Å². The zero-order chi connectivity index (χ0) is 29.1. The number of rotatable bonds is 9. The van der Waals surface area contributed by atoms with Crippen LogP contribution in [0, 0.1) is 6.92 Å². The molecule has 0 aliphatic rings. The molecule has 0 fully saturated rings. The summed E-state index contributed by atoms with van der Waals surface area (Å²) in [7, 11) is 1.27. The molecule has 0 saturated heterocycles. The number of para-hydroxylation sites is 2. The maximum atomic E-state index is 12.7. The molecule has 0 aliphatic heterocycles. The third-order valence-electron chi connectivity index (χ3n) is 6.16. The van der Waals surface area contributed by atoms with Crippen molar-refractivity contribution in [3.8, 4) is 28.4 Å². The number of phenolic OH excluding ortho intramolecular Hbond substituents is 1. The number of ether oxygens (including phenoxy) is 2. The lowest BCUT2D eigenvalue weighted by Crippen LogP contribution is -2.41. The predicted molar refractivity (Wildman–Crippen MR) is 159 cm³/mol. The summed E-state index contributed by atoms with van der Waals surface area (Å²) in [6.45, 7) is 6.03. The van der Waals surface area contributed by atoms with Gasteiger partial charge in [0.15, 0.2) is 0 Å². The third kappa shape index (κ3) is 7.87. The second-order valence-electron chi connectivity index (χ2n) is 8.81. The van der Waals surface area contributed by atoms with Gasteiger partial charge in [-0.3, -0.25) is 4.79 Å². The van der Waals surface area contributed by atoms with Crippen LogP contribution in [0.25, 0.3) is 11.1 Å². The van der Waals surface area contributed by atoms with Crippen molar-refractivity contribution in [3.05, 3.63) is 113 Å². The summed E-state index contributed by atoms with van der Waals surface area (Å²) < 4.78 is 11.0. The molecule has 7 heteroatoms.